The monoisotopic (exact) mass is 345 g/mol. The summed E-state index contributed by atoms with van der Waals surface area (Å²) in [6, 6.07) is 10.1. The van der Waals surface area contributed by atoms with E-state index in [4.69, 9.17) is 0 Å². The lowest BCUT2D eigenvalue weighted by atomic mass is 10.2. The molecular weight excluding hydrogens is 322 g/mol. The number of hydrogen-bond acceptors (Lipinski definition) is 5. The molecule has 0 aliphatic rings. The molecule has 128 valence electrons. The van der Waals surface area contributed by atoms with Gasteiger partial charge in [0.1, 0.15) is 5.69 Å². The van der Waals surface area contributed by atoms with Gasteiger partial charge >= 0.3 is 5.97 Å². The van der Waals surface area contributed by atoms with Crippen LogP contribution in [-0.4, -0.2) is 39.6 Å². The van der Waals surface area contributed by atoms with Gasteiger partial charge in [0, 0.05) is 23.6 Å². The highest BCUT2D eigenvalue weighted by atomic mass is 32.2. The van der Waals surface area contributed by atoms with Gasteiger partial charge in [0.25, 0.3) is 0 Å². The molecule has 6 heteroatoms. The molecule has 0 aliphatic heterocycles. The van der Waals surface area contributed by atoms with Crippen molar-refractivity contribution < 1.29 is 9.53 Å². The third-order valence-electron chi connectivity index (χ3n) is 3.57. The van der Waals surface area contributed by atoms with Crippen molar-refractivity contribution in [1.82, 2.24) is 15.0 Å². The maximum absolute atomic E-state index is 11.0. The molecule has 5 nitrogen and oxygen atoms in total. The van der Waals surface area contributed by atoms with E-state index in [1.165, 1.54) is 12.7 Å². The molecule has 1 aromatic heterocycles. The minimum absolute atomic E-state index is 0.149. The van der Waals surface area contributed by atoms with Crippen LogP contribution in [0.2, 0.25) is 0 Å². The van der Waals surface area contributed by atoms with Gasteiger partial charge in [-0.3, -0.25) is 9.48 Å². The van der Waals surface area contributed by atoms with Gasteiger partial charge in [-0.05, 0) is 13.3 Å². The second-order valence-corrected chi connectivity index (χ2v) is 6.58. The highest BCUT2D eigenvalue weighted by Crippen LogP contribution is 2.15. The summed E-state index contributed by atoms with van der Waals surface area (Å²) in [5, 5.41) is 8.41. The van der Waals surface area contributed by atoms with Crippen LogP contribution in [0.5, 0.6) is 0 Å². The van der Waals surface area contributed by atoms with Crippen molar-refractivity contribution in [1.29, 1.82) is 0 Å². The predicted octanol–water partition coefficient (Wildman–Crippen LogP) is 3.58. The van der Waals surface area contributed by atoms with Gasteiger partial charge in [0.15, 0.2) is 0 Å². The molecule has 0 atom stereocenters. The van der Waals surface area contributed by atoms with Gasteiger partial charge in [0.2, 0.25) is 0 Å². The molecule has 0 spiro atoms. The van der Waals surface area contributed by atoms with E-state index in [9.17, 15) is 4.79 Å². The van der Waals surface area contributed by atoms with Crippen LogP contribution < -0.4 is 0 Å². The highest BCUT2D eigenvalue weighted by molar-refractivity contribution is 7.99. The SMILES string of the molecule is COC(=O)CCSC/C=C(\C)CCn1cc(-c2ccccc2)nn1. The molecule has 0 radical (unpaired) electrons. The fourth-order valence-corrected chi connectivity index (χ4v) is 2.96. The van der Waals surface area contributed by atoms with E-state index in [0.29, 0.717) is 6.42 Å². The Labute approximate surface area is 147 Å². The number of aromatic nitrogens is 3. The number of ether oxygens (including phenoxy) is 1. The van der Waals surface area contributed by atoms with Crippen molar-refractivity contribution in [3.05, 3.63) is 48.2 Å². The molecule has 0 aliphatic carbocycles. The van der Waals surface area contributed by atoms with Crippen molar-refractivity contribution in [2.24, 2.45) is 0 Å². The van der Waals surface area contributed by atoms with E-state index in [1.807, 2.05) is 41.2 Å². The molecule has 0 unspecified atom stereocenters. The van der Waals surface area contributed by atoms with E-state index in [2.05, 4.69) is 28.0 Å². The van der Waals surface area contributed by atoms with Crippen LogP contribution in [0, 0.1) is 0 Å². The van der Waals surface area contributed by atoms with Crippen LogP contribution in [-0.2, 0) is 16.1 Å². The summed E-state index contributed by atoms with van der Waals surface area (Å²) in [5.41, 5.74) is 3.30. The number of rotatable bonds is 9. The normalized spacial score (nSPS) is 11.5. The summed E-state index contributed by atoms with van der Waals surface area (Å²) in [6.07, 6.45) is 5.59. The molecule has 0 saturated heterocycles. The predicted molar refractivity (Wildman–Crippen MR) is 97.8 cm³/mol. The van der Waals surface area contributed by atoms with Crippen molar-refractivity contribution in [3.63, 3.8) is 0 Å². The Morgan fingerprint density at radius 2 is 2.08 bits per heavy atom. The zero-order valence-corrected chi connectivity index (χ0v) is 15.0. The van der Waals surface area contributed by atoms with Gasteiger partial charge in [-0.25, -0.2) is 0 Å². The Kier molecular flexibility index (Phi) is 7.55. The van der Waals surface area contributed by atoms with Crippen LogP contribution in [0.4, 0.5) is 0 Å². The Balaban J connectivity index is 1.72. The molecule has 0 saturated carbocycles. The maximum atomic E-state index is 11.0. The molecule has 0 N–H and O–H groups in total. The molecule has 24 heavy (non-hydrogen) atoms. The number of carbonyl (C=O) groups is 1. The molecule has 0 fully saturated rings. The summed E-state index contributed by atoms with van der Waals surface area (Å²) >= 11 is 1.74. The topological polar surface area (TPSA) is 57.0 Å². The van der Waals surface area contributed by atoms with Crippen molar-refractivity contribution in [3.8, 4) is 11.3 Å². The van der Waals surface area contributed by atoms with Crippen LogP contribution in [0.3, 0.4) is 0 Å². The number of thioether (sulfide) groups is 1. The number of hydrogen-bond donors (Lipinski definition) is 0. The van der Waals surface area contributed by atoms with Crippen LogP contribution in [0.15, 0.2) is 48.2 Å². The van der Waals surface area contributed by atoms with Crippen LogP contribution in [0.1, 0.15) is 19.8 Å². The van der Waals surface area contributed by atoms with E-state index in [1.54, 1.807) is 11.8 Å². The van der Waals surface area contributed by atoms with E-state index < -0.39 is 0 Å². The number of allylic oxidation sites excluding steroid dienone is 1. The second-order valence-electron chi connectivity index (χ2n) is 5.43. The lowest BCUT2D eigenvalue weighted by Gasteiger charge is -2.02. The van der Waals surface area contributed by atoms with Crippen molar-refractivity contribution >= 4 is 17.7 Å². The fourth-order valence-electron chi connectivity index (χ4n) is 2.08. The third-order valence-corrected chi connectivity index (χ3v) is 4.47. The first kappa shape index (κ1) is 18.3. The van der Waals surface area contributed by atoms with Gasteiger partial charge in [0.05, 0.1) is 19.7 Å². The molecule has 0 amide bonds. The first-order valence-corrected chi connectivity index (χ1v) is 9.10. The largest absolute Gasteiger partial charge is 0.469 e. The minimum atomic E-state index is -0.149. The Morgan fingerprint density at radius 1 is 1.29 bits per heavy atom. The Hall–Kier alpha value is -2.08. The Bertz CT molecular complexity index is 668. The molecule has 2 rings (SSSR count). The van der Waals surface area contributed by atoms with Crippen molar-refractivity contribution in [2.45, 2.75) is 26.3 Å². The van der Waals surface area contributed by atoms with E-state index >= 15 is 0 Å². The average Bonchev–Trinajstić information content (AvgIpc) is 3.09. The molecule has 0 bridgehead atoms. The number of aryl methyl sites for hydroxylation is 1. The molecule has 1 aromatic carbocycles. The fraction of sp³-hybridized carbons (Fsp3) is 0.389. The summed E-state index contributed by atoms with van der Waals surface area (Å²) < 4.78 is 6.50. The number of methoxy groups -OCH3 is 1. The second kappa shape index (κ2) is 9.93. The van der Waals surface area contributed by atoms with E-state index in [0.717, 1.165) is 35.7 Å². The van der Waals surface area contributed by atoms with Crippen LogP contribution >= 0.6 is 11.8 Å². The number of benzene rings is 1. The first-order valence-electron chi connectivity index (χ1n) is 7.95. The lowest BCUT2D eigenvalue weighted by Crippen LogP contribution is -2.01. The Morgan fingerprint density at radius 3 is 2.83 bits per heavy atom. The van der Waals surface area contributed by atoms with Gasteiger partial charge in [-0.2, -0.15) is 11.8 Å². The maximum Gasteiger partial charge on any atom is 0.306 e. The third kappa shape index (κ3) is 6.20. The quantitative estimate of drug-likeness (QED) is 0.395. The first-order chi connectivity index (χ1) is 11.7. The van der Waals surface area contributed by atoms with Gasteiger partial charge in [-0.15, -0.1) is 5.10 Å². The number of nitrogens with zero attached hydrogens (tertiary/aromatic N) is 3. The average molecular weight is 345 g/mol. The molecule has 2 aromatic rings. The highest BCUT2D eigenvalue weighted by Gasteiger charge is 2.03. The van der Waals surface area contributed by atoms with Gasteiger partial charge in [-0.1, -0.05) is 47.2 Å². The zero-order valence-electron chi connectivity index (χ0n) is 14.1. The minimum Gasteiger partial charge on any atom is -0.469 e. The molecular formula is C18H23N3O2S. The standard InChI is InChI=1S/C18H23N3O2S/c1-15(9-12-24-13-10-18(22)23-2)8-11-21-14-17(19-20-21)16-6-4-3-5-7-16/h3-7,9,14H,8,10-13H2,1-2H3/b15-9+. The van der Waals surface area contributed by atoms with E-state index in [-0.39, 0.29) is 5.97 Å². The number of carbonyl (C=O) groups excluding carboxylic acids is 1. The van der Waals surface area contributed by atoms with Crippen molar-refractivity contribution in [2.75, 3.05) is 18.6 Å². The summed E-state index contributed by atoms with van der Waals surface area (Å²) in [5.74, 6) is 1.55. The summed E-state index contributed by atoms with van der Waals surface area (Å²) in [4.78, 5) is 11.0. The van der Waals surface area contributed by atoms with Crippen LogP contribution in [0.25, 0.3) is 11.3 Å². The molecule has 1 heterocycles. The number of esters is 1. The summed E-state index contributed by atoms with van der Waals surface area (Å²) in [6.45, 7) is 2.94. The zero-order chi connectivity index (χ0) is 17.2. The summed E-state index contributed by atoms with van der Waals surface area (Å²) in [7, 11) is 1.42. The van der Waals surface area contributed by atoms with Gasteiger partial charge < -0.3 is 4.74 Å². The smallest absolute Gasteiger partial charge is 0.306 e. The lowest BCUT2D eigenvalue weighted by molar-refractivity contribution is -0.140.